The summed E-state index contributed by atoms with van der Waals surface area (Å²) >= 11 is 0. The summed E-state index contributed by atoms with van der Waals surface area (Å²) in [6.07, 6.45) is 7.16. The number of anilines is 1. The van der Waals surface area contributed by atoms with Crippen LogP contribution in [0.5, 0.6) is 5.75 Å². The van der Waals surface area contributed by atoms with Crippen molar-refractivity contribution >= 4 is 27.5 Å². The van der Waals surface area contributed by atoms with E-state index in [9.17, 15) is 18.0 Å². The molecule has 0 spiro atoms. The van der Waals surface area contributed by atoms with Gasteiger partial charge in [0.05, 0.1) is 19.1 Å². The molecule has 1 aliphatic rings. The van der Waals surface area contributed by atoms with Gasteiger partial charge in [-0.25, -0.2) is 8.42 Å². The Morgan fingerprint density at radius 2 is 1.62 bits per heavy atom. The molecule has 2 amide bonds. The maximum Gasteiger partial charge on any atom is 0.243 e. The Hall–Kier alpha value is -3.85. The predicted octanol–water partition coefficient (Wildman–Crippen LogP) is 5.95. The van der Waals surface area contributed by atoms with Crippen molar-refractivity contribution in [2.45, 2.75) is 83.8 Å². The van der Waals surface area contributed by atoms with Gasteiger partial charge in [0.1, 0.15) is 11.8 Å². The Labute approximate surface area is 268 Å². The van der Waals surface area contributed by atoms with Gasteiger partial charge in [-0.15, -0.1) is 0 Å². The molecule has 0 heterocycles. The van der Waals surface area contributed by atoms with E-state index in [-0.39, 0.29) is 37.4 Å². The van der Waals surface area contributed by atoms with Gasteiger partial charge in [0, 0.05) is 32.0 Å². The molecule has 1 unspecified atom stereocenters. The van der Waals surface area contributed by atoms with Crippen LogP contribution in [-0.4, -0.2) is 57.1 Å². The molecule has 1 N–H and O–H groups in total. The maximum atomic E-state index is 14.2. The number of carbonyl (C=O) groups excluding carboxylic acids is 2. The van der Waals surface area contributed by atoms with Crippen LogP contribution >= 0.6 is 0 Å². The Bertz CT molecular complexity index is 1540. The molecule has 8 nitrogen and oxygen atoms in total. The van der Waals surface area contributed by atoms with Gasteiger partial charge in [-0.1, -0.05) is 73.9 Å². The van der Waals surface area contributed by atoms with E-state index in [1.807, 2.05) is 80.6 Å². The van der Waals surface area contributed by atoms with E-state index in [0.29, 0.717) is 24.3 Å². The van der Waals surface area contributed by atoms with Crippen LogP contribution in [0.3, 0.4) is 0 Å². The second-order valence-electron chi connectivity index (χ2n) is 12.1. The first-order valence-corrected chi connectivity index (χ1v) is 17.7. The van der Waals surface area contributed by atoms with E-state index in [1.165, 1.54) is 17.0 Å². The minimum Gasteiger partial charge on any atom is -0.497 e. The summed E-state index contributed by atoms with van der Waals surface area (Å²) in [5.74, 6) is 0.311. The minimum atomic E-state index is -3.59. The molecular formula is C36H47N3O5S. The van der Waals surface area contributed by atoms with E-state index in [4.69, 9.17) is 4.74 Å². The Kier molecular flexibility index (Phi) is 12.0. The van der Waals surface area contributed by atoms with E-state index in [0.717, 1.165) is 47.9 Å². The zero-order valence-electron chi connectivity index (χ0n) is 27.0. The molecule has 0 saturated heterocycles. The van der Waals surface area contributed by atoms with Gasteiger partial charge in [-0.05, 0) is 73.6 Å². The molecule has 1 fully saturated rings. The number of nitrogens with one attached hydrogen (secondary N) is 1. The molecule has 0 aliphatic heterocycles. The third-order valence-electron chi connectivity index (χ3n) is 8.71. The van der Waals surface area contributed by atoms with Gasteiger partial charge in [-0.2, -0.15) is 0 Å². The normalized spacial score (nSPS) is 14.4. The highest BCUT2D eigenvalue weighted by molar-refractivity contribution is 7.92. The van der Waals surface area contributed by atoms with Gasteiger partial charge in [-0.3, -0.25) is 13.9 Å². The first kappa shape index (κ1) is 34.0. The van der Waals surface area contributed by atoms with Crippen LogP contribution in [0.4, 0.5) is 5.69 Å². The lowest BCUT2D eigenvalue weighted by atomic mass is 9.94. The van der Waals surface area contributed by atoms with E-state index in [1.54, 1.807) is 18.1 Å². The number of benzene rings is 3. The van der Waals surface area contributed by atoms with Gasteiger partial charge in [0.25, 0.3) is 0 Å². The molecule has 3 aromatic rings. The highest BCUT2D eigenvalue weighted by Gasteiger charge is 2.32. The predicted molar refractivity (Wildman–Crippen MR) is 180 cm³/mol. The smallest absolute Gasteiger partial charge is 0.243 e. The number of aryl methyl sites for hydroxylation is 1. The first-order valence-electron chi connectivity index (χ1n) is 15.9. The van der Waals surface area contributed by atoms with Crippen molar-refractivity contribution in [3.63, 3.8) is 0 Å². The molecule has 0 aromatic heterocycles. The summed E-state index contributed by atoms with van der Waals surface area (Å²) in [7, 11) is -1.99. The average molecular weight is 634 g/mol. The number of amides is 2. The Balaban J connectivity index is 1.62. The fraction of sp³-hybridized carbons (Fsp3) is 0.444. The molecule has 242 valence electrons. The fourth-order valence-electron chi connectivity index (χ4n) is 6.05. The zero-order chi connectivity index (χ0) is 32.4. The summed E-state index contributed by atoms with van der Waals surface area (Å²) in [6.45, 7) is 4.23. The summed E-state index contributed by atoms with van der Waals surface area (Å²) in [5.41, 5.74) is 4.31. The lowest BCUT2D eigenvalue weighted by Crippen LogP contribution is -2.52. The van der Waals surface area contributed by atoms with Crippen molar-refractivity contribution in [2.75, 3.05) is 24.2 Å². The second-order valence-corrected chi connectivity index (χ2v) is 14.0. The van der Waals surface area contributed by atoms with Crippen LogP contribution in [0.25, 0.3) is 0 Å². The zero-order valence-corrected chi connectivity index (χ0v) is 27.8. The molecule has 0 bridgehead atoms. The molecular weight excluding hydrogens is 586 g/mol. The summed E-state index contributed by atoms with van der Waals surface area (Å²) < 4.78 is 32.5. The monoisotopic (exact) mass is 633 g/mol. The largest absolute Gasteiger partial charge is 0.497 e. The Morgan fingerprint density at radius 3 is 2.31 bits per heavy atom. The maximum absolute atomic E-state index is 14.2. The summed E-state index contributed by atoms with van der Waals surface area (Å²) in [6, 6.07) is 22.2. The van der Waals surface area contributed by atoms with Crippen molar-refractivity contribution in [3.05, 3.63) is 95.1 Å². The minimum absolute atomic E-state index is 0.0862. The molecule has 4 rings (SSSR count). The number of sulfonamides is 1. The molecule has 3 aromatic carbocycles. The van der Waals surface area contributed by atoms with E-state index >= 15 is 0 Å². The molecule has 1 atom stereocenters. The quantitative estimate of drug-likeness (QED) is 0.237. The van der Waals surface area contributed by atoms with Crippen molar-refractivity contribution in [3.8, 4) is 5.75 Å². The average Bonchev–Trinajstić information content (AvgIpc) is 3.03. The van der Waals surface area contributed by atoms with E-state index in [2.05, 4.69) is 5.32 Å². The fourth-order valence-corrected chi connectivity index (χ4v) is 7.07. The molecule has 45 heavy (non-hydrogen) atoms. The topological polar surface area (TPSA) is 96.0 Å². The third kappa shape index (κ3) is 9.57. The van der Waals surface area contributed by atoms with Crippen LogP contribution < -0.4 is 14.4 Å². The standard InChI is InChI=1S/C36H47N3O5S/c1-27-14-11-21-33(28(27)2)39(45(4,42)43)23-13-22-35(40)38(26-30-17-12-20-32(24-30)44-3)34(25-29-15-7-5-8-16-29)36(41)37-31-18-9-6-10-19-31/h5,7-8,11-12,14-17,20-21,24,31,34H,6,9-10,13,18-19,22-23,25-26H2,1-4H3,(H,37,41). The highest BCUT2D eigenvalue weighted by atomic mass is 32.2. The molecule has 1 aliphatic carbocycles. The SMILES string of the molecule is COc1cccc(CN(C(=O)CCCN(c2cccc(C)c2C)S(C)(=O)=O)C(Cc2ccccc2)C(=O)NC2CCCCC2)c1. The van der Waals surface area contributed by atoms with Crippen molar-refractivity contribution in [1.82, 2.24) is 10.2 Å². The number of ether oxygens (including phenoxy) is 1. The second kappa shape index (κ2) is 15.9. The number of carbonyl (C=O) groups is 2. The van der Waals surface area contributed by atoms with Gasteiger partial charge < -0.3 is 15.0 Å². The third-order valence-corrected chi connectivity index (χ3v) is 9.89. The lowest BCUT2D eigenvalue weighted by Gasteiger charge is -2.34. The number of rotatable bonds is 14. The number of hydrogen-bond donors (Lipinski definition) is 1. The molecule has 0 radical (unpaired) electrons. The summed E-state index contributed by atoms with van der Waals surface area (Å²) in [4.78, 5) is 29.9. The number of hydrogen-bond acceptors (Lipinski definition) is 5. The van der Waals surface area contributed by atoms with Crippen LogP contribution in [0.1, 0.15) is 67.2 Å². The van der Waals surface area contributed by atoms with Crippen LogP contribution in [0.15, 0.2) is 72.8 Å². The van der Waals surface area contributed by atoms with E-state index < -0.39 is 16.1 Å². The van der Waals surface area contributed by atoms with Crippen molar-refractivity contribution in [1.29, 1.82) is 0 Å². The van der Waals surface area contributed by atoms with Gasteiger partial charge in [0.2, 0.25) is 21.8 Å². The Morgan fingerprint density at radius 1 is 0.933 bits per heavy atom. The van der Waals surface area contributed by atoms with Crippen LogP contribution in [-0.2, 0) is 32.6 Å². The number of nitrogens with zero attached hydrogens (tertiary/aromatic N) is 2. The van der Waals surface area contributed by atoms with Crippen molar-refractivity contribution < 1.29 is 22.7 Å². The van der Waals surface area contributed by atoms with Crippen LogP contribution in [0, 0.1) is 13.8 Å². The lowest BCUT2D eigenvalue weighted by molar-refractivity contribution is -0.141. The molecule has 1 saturated carbocycles. The number of methoxy groups -OCH3 is 1. The van der Waals surface area contributed by atoms with Gasteiger partial charge in [0.15, 0.2) is 0 Å². The van der Waals surface area contributed by atoms with Gasteiger partial charge >= 0.3 is 0 Å². The van der Waals surface area contributed by atoms with Crippen LogP contribution in [0.2, 0.25) is 0 Å². The highest BCUT2D eigenvalue weighted by Crippen LogP contribution is 2.26. The summed E-state index contributed by atoms with van der Waals surface area (Å²) in [5, 5.41) is 3.27. The first-order chi connectivity index (χ1) is 21.6. The molecule has 9 heteroatoms. The van der Waals surface area contributed by atoms with Crippen molar-refractivity contribution in [2.24, 2.45) is 0 Å².